The molecule has 0 amide bonds. The van der Waals surface area contributed by atoms with Gasteiger partial charge in [0.2, 0.25) is 0 Å². The van der Waals surface area contributed by atoms with Gasteiger partial charge >= 0.3 is 5.97 Å². The fraction of sp³-hybridized carbons (Fsp3) is 0.900. The van der Waals surface area contributed by atoms with Crippen LogP contribution in [0.1, 0.15) is 34.6 Å². The molecule has 0 rings (SSSR count). The van der Waals surface area contributed by atoms with Gasteiger partial charge in [0.15, 0.2) is 0 Å². The first kappa shape index (κ1) is 12.4. The molecule has 0 saturated carbocycles. The van der Waals surface area contributed by atoms with Crippen molar-refractivity contribution in [3.63, 3.8) is 0 Å². The van der Waals surface area contributed by atoms with Crippen LogP contribution >= 0.6 is 0 Å². The lowest BCUT2D eigenvalue weighted by molar-refractivity contribution is -0.149. The number of ether oxygens (including phenoxy) is 1. The molecule has 0 aliphatic carbocycles. The van der Waals surface area contributed by atoms with Crippen LogP contribution in [0.15, 0.2) is 0 Å². The van der Waals surface area contributed by atoms with E-state index in [2.05, 4.69) is 0 Å². The molecular weight excluding hydrogens is 166 g/mol. The predicted molar refractivity (Wildman–Crippen MR) is 53.2 cm³/mol. The third-order valence-corrected chi connectivity index (χ3v) is 1.64. The Bertz CT molecular complexity index is 170. The molecule has 0 unspecified atom stereocenters. The van der Waals surface area contributed by atoms with E-state index >= 15 is 0 Å². The highest BCUT2D eigenvalue weighted by atomic mass is 16.5. The molecule has 78 valence electrons. The third kappa shape index (κ3) is 5.64. The van der Waals surface area contributed by atoms with Gasteiger partial charge in [-0.2, -0.15) is 0 Å². The summed E-state index contributed by atoms with van der Waals surface area (Å²) >= 11 is 0. The molecule has 0 aliphatic heterocycles. The number of nitrogens with two attached hydrogens (primary N) is 1. The van der Waals surface area contributed by atoms with E-state index in [1.807, 2.05) is 34.6 Å². The quantitative estimate of drug-likeness (QED) is 0.682. The second kappa shape index (κ2) is 4.61. The average Bonchev–Trinajstić information content (AvgIpc) is 1.97. The van der Waals surface area contributed by atoms with Gasteiger partial charge in [-0.25, -0.2) is 0 Å². The first-order valence-corrected chi connectivity index (χ1v) is 4.66. The Kier molecular flexibility index (Phi) is 4.40. The Balaban J connectivity index is 3.89. The third-order valence-electron chi connectivity index (χ3n) is 1.64. The minimum absolute atomic E-state index is 0.00631. The molecule has 0 aromatic heterocycles. The van der Waals surface area contributed by atoms with Crippen LogP contribution < -0.4 is 5.73 Å². The van der Waals surface area contributed by atoms with Gasteiger partial charge < -0.3 is 10.5 Å². The molecule has 3 nitrogen and oxygen atoms in total. The summed E-state index contributed by atoms with van der Waals surface area (Å²) in [6.07, 6.45) is 0. The van der Waals surface area contributed by atoms with Gasteiger partial charge in [-0.1, -0.05) is 34.6 Å². The number of hydrogen-bond acceptors (Lipinski definition) is 3. The van der Waals surface area contributed by atoms with Crippen molar-refractivity contribution < 1.29 is 9.53 Å². The van der Waals surface area contributed by atoms with Crippen LogP contribution in [0.25, 0.3) is 0 Å². The zero-order chi connectivity index (χ0) is 10.6. The molecular formula is C10H21NO2. The van der Waals surface area contributed by atoms with Gasteiger partial charge in [0, 0.05) is 0 Å². The first-order valence-electron chi connectivity index (χ1n) is 4.66. The molecule has 0 heterocycles. The SMILES string of the molecule is CC(C)[C@H](N)C(=O)OCC(C)(C)C. The maximum Gasteiger partial charge on any atom is 0.323 e. The number of carbonyl (C=O) groups excluding carboxylic acids is 1. The van der Waals surface area contributed by atoms with Crippen molar-refractivity contribution in [3.8, 4) is 0 Å². The fourth-order valence-electron chi connectivity index (χ4n) is 0.656. The Morgan fingerprint density at radius 3 is 2.15 bits per heavy atom. The van der Waals surface area contributed by atoms with Crippen molar-refractivity contribution in [2.75, 3.05) is 6.61 Å². The van der Waals surface area contributed by atoms with Crippen molar-refractivity contribution >= 4 is 5.97 Å². The summed E-state index contributed by atoms with van der Waals surface area (Å²) in [5.41, 5.74) is 5.62. The molecule has 0 radical (unpaired) electrons. The molecule has 0 fully saturated rings. The van der Waals surface area contributed by atoms with Crippen molar-refractivity contribution in [1.82, 2.24) is 0 Å². The molecule has 0 saturated heterocycles. The van der Waals surface area contributed by atoms with Crippen LogP contribution in [0.4, 0.5) is 0 Å². The number of hydrogen-bond donors (Lipinski definition) is 1. The summed E-state index contributed by atoms with van der Waals surface area (Å²) < 4.78 is 5.07. The van der Waals surface area contributed by atoms with Gasteiger partial charge in [-0.05, 0) is 11.3 Å². The lowest BCUT2D eigenvalue weighted by Crippen LogP contribution is -2.38. The van der Waals surface area contributed by atoms with E-state index < -0.39 is 6.04 Å². The zero-order valence-electron chi connectivity index (χ0n) is 9.26. The summed E-state index contributed by atoms with van der Waals surface area (Å²) in [6.45, 7) is 10.3. The molecule has 13 heavy (non-hydrogen) atoms. The van der Waals surface area contributed by atoms with E-state index in [1.54, 1.807) is 0 Å². The molecule has 0 aliphatic rings. The van der Waals surface area contributed by atoms with Crippen LogP contribution in [-0.2, 0) is 9.53 Å². The highest BCUT2D eigenvalue weighted by molar-refractivity contribution is 5.75. The van der Waals surface area contributed by atoms with Gasteiger partial charge in [0.25, 0.3) is 0 Å². The van der Waals surface area contributed by atoms with E-state index in [0.717, 1.165) is 0 Å². The molecule has 0 bridgehead atoms. The highest BCUT2D eigenvalue weighted by Crippen LogP contribution is 2.13. The Labute approximate surface area is 80.6 Å². The monoisotopic (exact) mass is 187 g/mol. The number of carbonyl (C=O) groups is 1. The van der Waals surface area contributed by atoms with Crippen LogP contribution in [0, 0.1) is 11.3 Å². The normalized spacial score (nSPS) is 14.4. The van der Waals surface area contributed by atoms with E-state index in [-0.39, 0.29) is 17.3 Å². The maximum absolute atomic E-state index is 11.3. The molecule has 0 spiro atoms. The summed E-state index contributed by atoms with van der Waals surface area (Å²) in [5.74, 6) is -0.169. The summed E-state index contributed by atoms with van der Waals surface area (Å²) in [6, 6.07) is -0.498. The Morgan fingerprint density at radius 2 is 1.85 bits per heavy atom. The maximum atomic E-state index is 11.3. The molecule has 3 heteroatoms. The van der Waals surface area contributed by atoms with E-state index in [4.69, 9.17) is 10.5 Å². The average molecular weight is 187 g/mol. The molecule has 0 aromatic rings. The molecule has 1 atom stereocenters. The second-order valence-corrected chi connectivity index (χ2v) is 4.94. The Morgan fingerprint density at radius 1 is 1.38 bits per heavy atom. The minimum Gasteiger partial charge on any atom is -0.464 e. The molecule has 2 N–H and O–H groups in total. The number of esters is 1. The van der Waals surface area contributed by atoms with Crippen molar-refractivity contribution in [1.29, 1.82) is 0 Å². The van der Waals surface area contributed by atoms with Gasteiger partial charge in [0.1, 0.15) is 6.04 Å². The lowest BCUT2D eigenvalue weighted by atomic mass is 9.98. The molecule has 0 aromatic carbocycles. The van der Waals surface area contributed by atoms with Gasteiger partial charge in [-0.15, -0.1) is 0 Å². The summed E-state index contributed by atoms with van der Waals surface area (Å²) in [4.78, 5) is 11.3. The van der Waals surface area contributed by atoms with Crippen LogP contribution in [0.2, 0.25) is 0 Å². The highest BCUT2D eigenvalue weighted by Gasteiger charge is 2.21. The standard InChI is InChI=1S/C10H21NO2/c1-7(2)8(11)9(12)13-6-10(3,4)5/h7-8H,6,11H2,1-5H3/t8-/m0/s1. The lowest BCUT2D eigenvalue weighted by Gasteiger charge is -2.20. The van der Waals surface area contributed by atoms with E-state index in [1.165, 1.54) is 0 Å². The summed E-state index contributed by atoms with van der Waals surface area (Å²) in [7, 11) is 0. The fourth-order valence-corrected chi connectivity index (χ4v) is 0.656. The van der Waals surface area contributed by atoms with Crippen molar-refractivity contribution in [2.45, 2.75) is 40.7 Å². The zero-order valence-corrected chi connectivity index (χ0v) is 9.26. The van der Waals surface area contributed by atoms with Crippen LogP contribution in [0.5, 0.6) is 0 Å². The Hall–Kier alpha value is -0.570. The number of rotatable bonds is 3. The van der Waals surface area contributed by atoms with Crippen LogP contribution in [-0.4, -0.2) is 18.6 Å². The topological polar surface area (TPSA) is 52.3 Å². The first-order chi connectivity index (χ1) is 5.74. The van der Waals surface area contributed by atoms with E-state index in [0.29, 0.717) is 6.61 Å². The smallest absolute Gasteiger partial charge is 0.323 e. The predicted octanol–water partition coefficient (Wildman–Crippen LogP) is 1.56. The van der Waals surface area contributed by atoms with Gasteiger partial charge in [-0.3, -0.25) is 4.79 Å². The van der Waals surface area contributed by atoms with Crippen molar-refractivity contribution in [3.05, 3.63) is 0 Å². The van der Waals surface area contributed by atoms with Gasteiger partial charge in [0.05, 0.1) is 6.61 Å². The minimum atomic E-state index is -0.498. The van der Waals surface area contributed by atoms with E-state index in [9.17, 15) is 4.79 Å². The largest absolute Gasteiger partial charge is 0.464 e. The van der Waals surface area contributed by atoms with Crippen LogP contribution in [0.3, 0.4) is 0 Å². The second-order valence-electron chi connectivity index (χ2n) is 4.94. The van der Waals surface area contributed by atoms with Crippen molar-refractivity contribution in [2.24, 2.45) is 17.1 Å². The summed E-state index contributed by atoms with van der Waals surface area (Å²) in [5, 5.41) is 0.